The van der Waals surface area contributed by atoms with Gasteiger partial charge in [-0.05, 0) is 30.7 Å². The summed E-state index contributed by atoms with van der Waals surface area (Å²) >= 11 is 13.9. The van der Waals surface area contributed by atoms with Gasteiger partial charge in [-0.25, -0.2) is 0 Å². The maximum atomic E-state index is 6.14. The van der Waals surface area contributed by atoms with E-state index in [1.807, 2.05) is 18.2 Å². The molecule has 4 heteroatoms. The van der Waals surface area contributed by atoms with Crippen LogP contribution in [0.25, 0.3) is 0 Å². The molecular formula is C13H19Cl2NS. The van der Waals surface area contributed by atoms with Gasteiger partial charge in [0.15, 0.2) is 0 Å². The van der Waals surface area contributed by atoms with Gasteiger partial charge in [0.2, 0.25) is 0 Å². The van der Waals surface area contributed by atoms with Gasteiger partial charge < -0.3 is 5.32 Å². The number of nitrogens with one attached hydrogen (secondary N) is 1. The molecule has 0 heterocycles. The lowest BCUT2D eigenvalue weighted by molar-refractivity contribution is 0.443. The monoisotopic (exact) mass is 291 g/mol. The van der Waals surface area contributed by atoms with Crippen molar-refractivity contribution in [3.63, 3.8) is 0 Å². The zero-order valence-corrected chi connectivity index (χ0v) is 12.8. The predicted octanol–water partition coefficient (Wildman–Crippen LogP) is 4.72. The third kappa shape index (κ3) is 5.09. The number of hydrogen-bond donors (Lipinski definition) is 1. The van der Waals surface area contributed by atoms with Crippen molar-refractivity contribution in [1.82, 2.24) is 5.32 Å². The molecule has 0 amide bonds. The summed E-state index contributed by atoms with van der Waals surface area (Å²) < 4.78 is 0. The average molecular weight is 292 g/mol. The maximum absolute atomic E-state index is 6.14. The van der Waals surface area contributed by atoms with Crippen molar-refractivity contribution in [2.24, 2.45) is 5.92 Å². The first kappa shape index (κ1) is 15.2. The van der Waals surface area contributed by atoms with Gasteiger partial charge in [-0.2, -0.15) is 0 Å². The second-order valence-electron chi connectivity index (χ2n) is 4.29. The molecule has 1 rings (SSSR count). The van der Waals surface area contributed by atoms with E-state index in [0.29, 0.717) is 12.0 Å². The minimum Gasteiger partial charge on any atom is -0.313 e. The molecular weight excluding hydrogens is 273 g/mol. The molecule has 0 fully saturated rings. The molecule has 96 valence electrons. The highest BCUT2D eigenvalue weighted by Gasteiger charge is 2.13. The summed E-state index contributed by atoms with van der Waals surface area (Å²) in [5.74, 6) is 1.62. The highest BCUT2D eigenvalue weighted by molar-refractivity contribution is 7.99. The van der Waals surface area contributed by atoms with E-state index in [-0.39, 0.29) is 0 Å². The fraction of sp³-hybridized carbons (Fsp3) is 0.538. The minimum atomic E-state index is 0.500. The fourth-order valence-corrected chi connectivity index (χ4v) is 3.31. The van der Waals surface area contributed by atoms with Gasteiger partial charge in [-0.1, -0.05) is 44.0 Å². The normalized spacial score (nSPS) is 13.1. The number of halogens is 2. The molecule has 1 aromatic rings. The molecule has 0 aliphatic heterocycles. The SMILES string of the molecule is CCNC(CSc1cc(Cl)ccc1Cl)C(C)C. The van der Waals surface area contributed by atoms with Gasteiger partial charge in [0.05, 0.1) is 5.02 Å². The summed E-state index contributed by atoms with van der Waals surface area (Å²) in [6.45, 7) is 7.58. The van der Waals surface area contributed by atoms with Crippen LogP contribution in [0.1, 0.15) is 20.8 Å². The summed E-state index contributed by atoms with van der Waals surface area (Å²) in [5.41, 5.74) is 0. The molecule has 1 aromatic carbocycles. The van der Waals surface area contributed by atoms with Crippen molar-refractivity contribution in [2.75, 3.05) is 12.3 Å². The lowest BCUT2D eigenvalue weighted by Gasteiger charge is -2.21. The smallest absolute Gasteiger partial charge is 0.0542 e. The van der Waals surface area contributed by atoms with E-state index in [0.717, 1.165) is 27.2 Å². The van der Waals surface area contributed by atoms with Crippen LogP contribution < -0.4 is 5.32 Å². The number of hydrogen-bond acceptors (Lipinski definition) is 2. The van der Waals surface area contributed by atoms with Crippen molar-refractivity contribution in [2.45, 2.75) is 31.7 Å². The van der Waals surface area contributed by atoms with E-state index in [9.17, 15) is 0 Å². The molecule has 0 aliphatic carbocycles. The van der Waals surface area contributed by atoms with Crippen LogP contribution in [0.5, 0.6) is 0 Å². The largest absolute Gasteiger partial charge is 0.313 e. The van der Waals surface area contributed by atoms with Crippen molar-refractivity contribution in [3.8, 4) is 0 Å². The molecule has 0 spiro atoms. The topological polar surface area (TPSA) is 12.0 Å². The van der Waals surface area contributed by atoms with Crippen molar-refractivity contribution < 1.29 is 0 Å². The Bertz CT molecular complexity index is 355. The molecule has 1 unspecified atom stereocenters. The van der Waals surface area contributed by atoms with Gasteiger partial charge in [0.25, 0.3) is 0 Å². The van der Waals surface area contributed by atoms with Gasteiger partial charge in [0, 0.05) is 21.7 Å². The lowest BCUT2D eigenvalue weighted by atomic mass is 10.1. The van der Waals surface area contributed by atoms with Crippen LogP contribution in [0.3, 0.4) is 0 Å². The second kappa shape index (κ2) is 7.52. The highest BCUT2D eigenvalue weighted by atomic mass is 35.5. The number of benzene rings is 1. The highest BCUT2D eigenvalue weighted by Crippen LogP contribution is 2.30. The summed E-state index contributed by atoms with van der Waals surface area (Å²) in [5, 5.41) is 5.00. The van der Waals surface area contributed by atoms with Crippen LogP contribution in [-0.4, -0.2) is 18.3 Å². The number of thioether (sulfide) groups is 1. The standard InChI is InChI=1S/C13H19Cl2NS/c1-4-16-12(9(2)3)8-17-13-7-10(14)5-6-11(13)15/h5-7,9,12,16H,4,8H2,1-3H3. The zero-order valence-electron chi connectivity index (χ0n) is 10.5. The molecule has 17 heavy (non-hydrogen) atoms. The van der Waals surface area contributed by atoms with Crippen molar-refractivity contribution in [1.29, 1.82) is 0 Å². The summed E-state index contributed by atoms with van der Waals surface area (Å²) in [6.07, 6.45) is 0. The van der Waals surface area contributed by atoms with E-state index >= 15 is 0 Å². The quantitative estimate of drug-likeness (QED) is 0.761. The average Bonchev–Trinajstić information content (AvgIpc) is 2.28. The third-order valence-electron chi connectivity index (χ3n) is 2.58. The van der Waals surface area contributed by atoms with E-state index in [1.165, 1.54) is 0 Å². The van der Waals surface area contributed by atoms with Gasteiger partial charge in [0.1, 0.15) is 0 Å². The maximum Gasteiger partial charge on any atom is 0.0542 e. The Morgan fingerprint density at radius 3 is 2.59 bits per heavy atom. The predicted molar refractivity (Wildman–Crippen MR) is 79.5 cm³/mol. The van der Waals surface area contributed by atoms with Crippen LogP contribution in [0, 0.1) is 5.92 Å². The van der Waals surface area contributed by atoms with Gasteiger partial charge in [-0.15, -0.1) is 11.8 Å². The Morgan fingerprint density at radius 1 is 1.29 bits per heavy atom. The molecule has 0 bridgehead atoms. The molecule has 0 saturated carbocycles. The summed E-state index contributed by atoms with van der Waals surface area (Å²) in [4.78, 5) is 1.06. The molecule has 1 nitrogen and oxygen atoms in total. The number of rotatable bonds is 6. The first-order chi connectivity index (χ1) is 8.04. The van der Waals surface area contributed by atoms with Crippen LogP contribution >= 0.6 is 35.0 Å². The zero-order chi connectivity index (χ0) is 12.8. The van der Waals surface area contributed by atoms with Crippen LogP contribution in [0.4, 0.5) is 0 Å². The molecule has 0 saturated heterocycles. The fourth-order valence-electron chi connectivity index (χ4n) is 1.52. The third-order valence-corrected chi connectivity index (χ3v) is 4.43. The van der Waals surface area contributed by atoms with Crippen LogP contribution in [0.2, 0.25) is 10.0 Å². The van der Waals surface area contributed by atoms with Crippen LogP contribution in [-0.2, 0) is 0 Å². The Morgan fingerprint density at radius 2 is 2.00 bits per heavy atom. The molecule has 0 radical (unpaired) electrons. The Balaban J connectivity index is 2.61. The summed E-state index contributed by atoms with van der Waals surface area (Å²) in [6, 6.07) is 6.10. The lowest BCUT2D eigenvalue weighted by Crippen LogP contribution is -2.35. The Hall–Kier alpha value is 0.110. The Labute approximate surface area is 118 Å². The molecule has 0 aromatic heterocycles. The van der Waals surface area contributed by atoms with Crippen LogP contribution in [0.15, 0.2) is 23.1 Å². The molecule has 0 aliphatic rings. The molecule has 1 N–H and O–H groups in total. The van der Waals surface area contributed by atoms with Gasteiger partial charge in [-0.3, -0.25) is 0 Å². The van der Waals surface area contributed by atoms with Crippen molar-refractivity contribution >= 4 is 35.0 Å². The van der Waals surface area contributed by atoms with E-state index in [1.54, 1.807) is 11.8 Å². The van der Waals surface area contributed by atoms with E-state index in [2.05, 4.69) is 26.1 Å². The second-order valence-corrected chi connectivity index (χ2v) is 6.20. The molecule has 1 atom stereocenters. The van der Waals surface area contributed by atoms with E-state index < -0.39 is 0 Å². The summed E-state index contributed by atoms with van der Waals surface area (Å²) in [7, 11) is 0. The minimum absolute atomic E-state index is 0.500. The van der Waals surface area contributed by atoms with Crippen molar-refractivity contribution in [3.05, 3.63) is 28.2 Å². The Kier molecular flexibility index (Phi) is 6.71. The first-order valence-electron chi connectivity index (χ1n) is 5.85. The van der Waals surface area contributed by atoms with E-state index in [4.69, 9.17) is 23.2 Å². The first-order valence-corrected chi connectivity index (χ1v) is 7.60. The van der Waals surface area contributed by atoms with Gasteiger partial charge >= 0.3 is 0 Å².